The fourth-order valence-corrected chi connectivity index (χ4v) is 4.32. The van der Waals surface area contributed by atoms with E-state index in [1.807, 2.05) is 0 Å². The summed E-state index contributed by atoms with van der Waals surface area (Å²) in [6, 6.07) is 8.25. The van der Waals surface area contributed by atoms with Crippen LogP contribution in [0.5, 0.6) is 0 Å². The Hall–Kier alpha value is -3.90. The maximum absolute atomic E-state index is 14.3. The van der Waals surface area contributed by atoms with Gasteiger partial charge in [-0.15, -0.1) is 0 Å². The minimum atomic E-state index is -4.18. The van der Waals surface area contributed by atoms with Crippen LogP contribution < -0.4 is 5.32 Å². The van der Waals surface area contributed by atoms with Crippen LogP contribution in [-0.4, -0.2) is 47.3 Å². The highest BCUT2D eigenvalue weighted by molar-refractivity contribution is 7.91. The van der Waals surface area contributed by atoms with Gasteiger partial charge in [-0.2, -0.15) is 5.10 Å². The molecule has 1 aromatic carbocycles. The molecular weight excluding hydrogens is 467 g/mol. The van der Waals surface area contributed by atoms with E-state index in [0.717, 1.165) is 4.68 Å². The number of carboxylic acids is 1. The number of hydrogen-bond acceptors (Lipinski definition) is 8. The second kappa shape index (κ2) is 9.93. The first kappa shape index (κ1) is 24.7. The Kier molecular flexibility index (Phi) is 7.23. The Morgan fingerprint density at radius 2 is 1.94 bits per heavy atom. The molecule has 0 fully saturated rings. The number of carboxylic acid groups (broad SMARTS) is 1. The highest BCUT2D eigenvalue weighted by atomic mass is 32.2. The number of pyridine rings is 1. The lowest BCUT2D eigenvalue weighted by molar-refractivity contribution is -0.145. The molecule has 0 amide bonds. The van der Waals surface area contributed by atoms with Crippen molar-refractivity contribution in [2.45, 2.75) is 30.0 Å². The number of esters is 1. The number of nitrogens with zero attached hydrogens (tertiary/aromatic N) is 3. The maximum Gasteiger partial charge on any atom is 0.332 e. The Labute approximate surface area is 194 Å². The zero-order chi connectivity index (χ0) is 25.0. The van der Waals surface area contributed by atoms with Gasteiger partial charge in [0.15, 0.2) is 11.3 Å². The van der Waals surface area contributed by atoms with Crippen LogP contribution in [-0.2, 0) is 24.2 Å². The third-order valence-corrected chi connectivity index (χ3v) is 6.46. The van der Waals surface area contributed by atoms with Crippen LogP contribution >= 0.6 is 0 Å². The minimum Gasteiger partial charge on any atom is -0.478 e. The fraction of sp³-hybridized carbons (Fsp3) is 0.182. The van der Waals surface area contributed by atoms with Crippen molar-refractivity contribution in [3.8, 4) is 5.69 Å². The molecule has 2 heterocycles. The van der Waals surface area contributed by atoms with Crippen molar-refractivity contribution in [3.05, 3.63) is 77.5 Å². The van der Waals surface area contributed by atoms with E-state index >= 15 is 0 Å². The predicted molar refractivity (Wildman–Crippen MR) is 117 cm³/mol. The van der Waals surface area contributed by atoms with Gasteiger partial charge in [0.1, 0.15) is 11.5 Å². The SMILES string of the molecule is CNC(OC(=O)/C=C/C(=O)O)c1cc(S(=O)(=O)c2ccc(C)nc2)n(-c2cccc(F)c2C)n1. The van der Waals surface area contributed by atoms with Crippen LogP contribution in [0.25, 0.3) is 5.69 Å². The summed E-state index contributed by atoms with van der Waals surface area (Å²) < 4.78 is 47.4. The Morgan fingerprint density at radius 3 is 2.56 bits per heavy atom. The van der Waals surface area contributed by atoms with Gasteiger partial charge in [0.25, 0.3) is 0 Å². The Morgan fingerprint density at radius 1 is 1.21 bits per heavy atom. The molecule has 34 heavy (non-hydrogen) atoms. The number of benzene rings is 1. The largest absolute Gasteiger partial charge is 0.478 e. The number of halogens is 1. The Bertz CT molecular complexity index is 1370. The number of sulfone groups is 1. The first-order chi connectivity index (χ1) is 16.0. The summed E-state index contributed by atoms with van der Waals surface area (Å²) in [6.45, 7) is 3.18. The van der Waals surface area contributed by atoms with Gasteiger partial charge in [0.2, 0.25) is 9.84 Å². The number of rotatable bonds is 8. The van der Waals surface area contributed by atoms with Crippen molar-refractivity contribution in [2.75, 3.05) is 7.05 Å². The highest BCUT2D eigenvalue weighted by Crippen LogP contribution is 2.28. The van der Waals surface area contributed by atoms with Gasteiger partial charge in [0.05, 0.1) is 10.6 Å². The van der Waals surface area contributed by atoms with E-state index in [1.165, 1.54) is 56.6 Å². The molecule has 0 saturated carbocycles. The van der Waals surface area contributed by atoms with Crippen LogP contribution in [0.15, 0.2) is 64.7 Å². The molecule has 2 aromatic heterocycles. The molecule has 0 aliphatic rings. The molecule has 2 N–H and O–H groups in total. The monoisotopic (exact) mass is 488 g/mol. The smallest absolute Gasteiger partial charge is 0.332 e. The number of aromatic nitrogens is 3. The van der Waals surface area contributed by atoms with Crippen LogP contribution in [0.3, 0.4) is 0 Å². The van der Waals surface area contributed by atoms with Gasteiger partial charge >= 0.3 is 11.9 Å². The molecule has 12 heteroatoms. The second-order valence-electron chi connectivity index (χ2n) is 7.12. The number of ether oxygens (including phenoxy) is 1. The summed E-state index contributed by atoms with van der Waals surface area (Å²) in [6.07, 6.45) is 1.28. The maximum atomic E-state index is 14.3. The summed E-state index contributed by atoms with van der Waals surface area (Å²) in [7, 11) is -2.75. The van der Waals surface area contributed by atoms with Crippen molar-refractivity contribution in [2.24, 2.45) is 0 Å². The summed E-state index contributed by atoms with van der Waals surface area (Å²) in [5.74, 6) is -2.90. The first-order valence-electron chi connectivity index (χ1n) is 9.86. The average molecular weight is 488 g/mol. The third kappa shape index (κ3) is 5.18. The number of carbonyl (C=O) groups is 2. The Balaban J connectivity index is 2.16. The highest BCUT2D eigenvalue weighted by Gasteiger charge is 2.29. The van der Waals surface area contributed by atoms with Gasteiger partial charge < -0.3 is 9.84 Å². The van der Waals surface area contributed by atoms with Crippen molar-refractivity contribution >= 4 is 21.8 Å². The molecule has 1 atom stereocenters. The lowest BCUT2D eigenvalue weighted by Crippen LogP contribution is -2.23. The molecule has 0 aliphatic carbocycles. The van der Waals surface area contributed by atoms with E-state index in [0.29, 0.717) is 17.8 Å². The van der Waals surface area contributed by atoms with Gasteiger partial charge in [-0.3, -0.25) is 10.3 Å². The van der Waals surface area contributed by atoms with Crippen molar-refractivity contribution in [1.82, 2.24) is 20.1 Å². The molecule has 3 aromatic rings. The van der Waals surface area contributed by atoms with Gasteiger partial charge in [-0.1, -0.05) is 6.07 Å². The molecule has 10 nitrogen and oxygen atoms in total. The van der Waals surface area contributed by atoms with Crippen LogP contribution in [0, 0.1) is 19.7 Å². The number of carbonyl (C=O) groups excluding carboxylic acids is 1. The molecule has 178 valence electrons. The van der Waals surface area contributed by atoms with Crippen molar-refractivity contribution < 1.29 is 32.2 Å². The number of nitrogens with one attached hydrogen (secondary N) is 1. The number of aryl methyl sites for hydroxylation is 1. The van der Waals surface area contributed by atoms with Gasteiger partial charge in [0, 0.05) is 35.7 Å². The van der Waals surface area contributed by atoms with E-state index in [1.54, 1.807) is 6.92 Å². The average Bonchev–Trinajstić information content (AvgIpc) is 3.24. The van der Waals surface area contributed by atoms with Gasteiger partial charge in [-0.25, -0.2) is 27.1 Å². The molecular formula is C22H21FN4O6S. The fourth-order valence-electron chi connectivity index (χ4n) is 2.99. The van der Waals surface area contributed by atoms with Crippen LogP contribution in [0.4, 0.5) is 4.39 Å². The van der Waals surface area contributed by atoms with Crippen LogP contribution in [0.1, 0.15) is 23.2 Å². The third-order valence-electron chi connectivity index (χ3n) is 4.76. The lowest BCUT2D eigenvalue weighted by Gasteiger charge is -2.13. The van der Waals surface area contributed by atoms with E-state index in [4.69, 9.17) is 9.84 Å². The van der Waals surface area contributed by atoms with Gasteiger partial charge in [-0.05, 0) is 45.2 Å². The predicted octanol–water partition coefficient (Wildman–Crippen LogP) is 2.26. The molecule has 1 unspecified atom stereocenters. The quantitative estimate of drug-likeness (QED) is 0.277. The summed E-state index contributed by atoms with van der Waals surface area (Å²) in [4.78, 5) is 26.5. The molecule has 0 spiro atoms. The van der Waals surface area contributed by atoms with E-state index in [9.17, 15) is 22.4 Å². The van der Waals surface area contributed by atoms with Crippen molar-refractivity contribution in [3.63, 3.8) is 0 Å². The topological polar surface area (TPSA) is 140 Å². The standard InChI is InChI=1S/C22H21FN4O6S/c1-13-7-8-15(12-25-13)34(31,32)19-11-17(22(24-3)33-21(30)10-9-20(28)29)26-27(19)18-6-4-5-16(23)14(18)2/h4-12,22,24H,1-3H3,(H,28,29)/b10-9+. The van der Waals surface area contributed by atoms with Crippen LogP contribution in [0.2, 0.25) is 0 Å². The summed E-state index contributed by atoms with van der Waals surface area (Å²) in [5.41, 5.74) is 0.919. The summed E-state index contributed by atoms with van der Waals surface area (Å²) in [5, 5.41) is 15.3. The lowest BCUT2D eigenvalue weighted by atomic mass is 10.2. The normalized spacial score (nSPS) is 12.6. The zero-order valence-corrected chi connectivity index (χ0v) is 19.2. The molecule has 0 aliphatic heterocycles. The van der Waals surface area contributed by atoms with Crippen molar-refractivity contribution in [1.29, 1.82) is 0 Å². The summed E-state index contributed by atoms with van der Waals surface area (Å²) >= 11 is 0. The molecule has 0 radical (unpaired) electrons. The zero-order valence-electron chi connectivity index (χ0n) is 18.4. The number of aliphatic carboxylic acids is 1. The van der Waals surface area contributed by atoms with E-state index in [2.05, 4.69) is 15.4 Å². The number of hydrogen-bond donors (Lipinski definition) is 2. The second-order valence-corrected chi connectivity index (χ2v) is 9.02. The van der Waals surface area contributed by atoms with E-state index < -0.39 is 33.8 Å². The first-order valence-corrected chi connectivity index (χ1v) is 11.3. The molecule has 0 saturated heterocycles. The van der Waals surface area contributed by atoms with E-state index in [-0.39, 0.29) is 26.9 Å². The molecule has 0 bridgehead atoms. The minimum absolute atomic E-state index is 0.0121. The molecule has 3 rings (SSSR count).